The third-order valence-electron chi connectivity index (χ3n) is 1.79. The van der Waals surface area contributed by atoms with Gasteiger partial charge >= 0.3 is 0 Å². The summed E-state index contributed by atoms with van der Waals surface area (Å²) in [6, 6.07) is 1.87. The highest BCUT2D eigenvalue weighted by molar-refractivity contribution is 7.08. The lowest BCUT2D eigenvalue weighted by Gasteiger charge is -2.11. The van der Waals surface area contributed by atoms with Crippen molar-refractivity contribution in [1.29, 1.82) is 0 Å². The molecule has 14 heavy (non-hydrogen) atoms. The summed E-state index contributed by atoms with van der Waals surface area (Å²) in [5, 5.41) is 4.93. The molecule has 0 spiro atoms. The fraction of sp³-hybridized carbons (Fsp3) is 0.444. The summed E-state index contributed by atoms with van der Waals surface area (Å²) in [5.74, 6) is 0.869. The Bertz CT molecular complexity index is 410. The lowest BCUT2D eigenvalue weighted by molar-refractivity contribution is 0.553. The number of aromatic nitrogens is 4. The van der Waals surface area contributed by atoms with Crippen LogP contribution in [0.5, 0.6) is 0 Å². The van der Waals surface area contributed by atoms with Crippen LogP contribution in [0, 0.1) is 0 Å². The van der Waals surface area contributed by atoms with E-state index in [0.29, 0.717) is 0 Å². The Balaban J connectivity index is 2.36. The van der Waals surface area contributed by atoms with E-state index in [9.17, 15) is 0 Å². The Kier molecular flexibility index (Phi) is 2.11. The van der Waals surface area contributed by atoms with Crippen molar-refractivity contribution in [3.63, 3.8) is 0 Å². The van der Waals surface area contributed by atoms with Crippen LogP contribution < -0.4 is 0 Å². The van der Waals surface area contributed by atoms with E-state index in [2.05, 4.69) is 35.2 Å². The molecule has 2 aromatic heterocycles. The lowest BCUT2D eigenvalue weighted by Crippen LogP contribution is -2.13. The zero-order valence-corrected chi connectivity index (χ0v) is 9.25. The van der Waals surface area contributed by atoms with E-state index in [-0.39, 0.29) is 5.41 Å². The van der Waals surface area contributed by atoms with E-state index in [4.69, 9.17) is 0 Å². The van der Waals surface area contributed by atoms with Crippen molar-refractivity contribution in [2.24, 2.45) is 0 Å². The van der Waals surface area contributed by atoms with Gasteiger partial charge in [-0.05, 0) is 6.07 Å². The number of hydrogen-bond donors (Lipinski definition) is 0. The summed E-state index contributed by atoms with van der Waals surface area (Å²) in [6.07, 6.45) is 3.60. The molecule has 0 N–H and O–H groups in total. The second-order valence-corrected chi connectivity index (χ2v) is 4.83. The van der Waals surface area contributed by atoms with Crippen LogP contribution in [0.25, 0.3) is 5.13 Å². The minimum Gasteiger partial charge on any atom is -0.212 e. The maximum atomic E-state index is 4.43. The van der Waals surface area contributed by atoms with Gasteiger partial charge in [0.1, 0.15) is 5.82 Å². The van der Waals surface area contributed by atoms with Crippen molar-refractivity contribution in [3.8, 4) is 5.13 Å². The normalized spacial score (nSPS) is 11.9. The first-order chi connectivity index (χ1) is 6.57. The van der Waals surface area contributed by atoms with Gasteiger partial charge in [-0.1, -0.05) is 20.8 Å². The first kappa shape index (κ1) is 9.33. The standard InChI is InChI=1S/C9H12N4S/c1-9(2,3)7-11-8(14-12-7)13-6-4-5-10-13/h4-6H,1-3H3. The quantitative estimate of drug-likeness (QED) is 0.720. The van der Waals surface area contributed by atoms with Crippen LogP contribution in [0.1, 0.15) is 26.6 Å². The molecule has 0 radical (unpaired) electrons. The molecule has 0 saturated heterocycles. The second kappa shape index (κ2) is 3.16. The summed E-state index contributed by atoms with van der Waals surface area (Å²) < 4.78 is 6.04. The summed E-state index contributed by atoms with van der Waals surface area (Å²) in [5.41, 5.74) is 0.00189. The molecule has 0 aliphatic rings. The second-order valence-electron chi connectivity index (χ2n) is 4.10. The predicted octanol–water partition coefficient (Wildman–Crippen LogP) is 2.02. The van der Waals surface area contributed by atoms with Crippen LogP contribution in [0.3, 0.4) is 0 Å². The Hall–Kier alpha value is -1.23. The SMILES string of the molecule is CC(C)(C)c1nsc(-n2cccn2)n1. The van der Waals surface area contributed by atoms with Crippen molar-refractivity contribution in [1.82, 2.24) is 19.1 Å². The fourth-order valence-corrected chi connectivity index (χ4v) is 1.80. The zero-order valence-electron chi connectivity index (χ0n) is 8.43. The highest BCUT2D eigenvalue weighted by Crippen LogP contribution is 2.21. The van der Waals surface area contributed by atoms with E-state index in [1.54, 1.807) is 10.9 Å². The molecule has 4 nitrogen and oxygen atoms in total. The first-order valence-electron chi connectivity index (χ1n) is 4.41. The largest absolute Gasteiger partial charge is 0.230 e. The van der Waals surface area contributed by atoms with Crippen molar-refractivity contribution in [3.05, 3.63) is 24.3 Å². The maximum absolute atomic E-state index is 4.43. The third-order valence-corrected chi connectivity index (χ3v) is 2.49. The molecular formula is C9H12N4S. The first-order valence-corrected chi connectivity index (χ1v) is 5.19. The minimum atomic E-state index is 0.00189. The van der Waals surface area contributed by atoms with Gasteiger partial charge in [-0.3, -0.25) is 0 Å². The summed E-state index contributed by atoms with van der Waals surface area (Å²) in [4.78, 5) is 4.43. The molecule has 74 valence electrons. The predicted molar refractivity (Wildman–Crippen MR) is 55.7 cm³/mol. The van der Waals surface area contributed by atoms with Gasteiger partial charge in [0.2, 0.25) is 5.13 Å². The molecule has 0 aromatic carbocycles. The average Bonchev–Trinajstić information content (AvgIpc) is 2.73. The van der Waals surface area contributed by atoms with Gasteiger partial charge in [-0.2, -0.15) is 9.47 Å². The summed E-state index contributed by atoms with van der Waals surface area (Å²) >= 11 is 1.37. The Morgan fingerprint density at radius 2 is 2.14 bits per heavy atom. The van der Waals surface area contributed by atoms with Gasteiger partial charge in [-0.15, -0.1) is 0 Å². The smallest absolute Gasteiger partial charge is 0.212 e. The summed E-state index contributed by atoms with van der Waals surface area (Å²) in [6.45, 7) is 6.30. The third kappa shape index (κ3) is 1.68. The minimum absolute atomic E-state index is 0.00189. The Labute approximate surface area is 86.8 Å². The van der Waals surface area contributed by atoms with E-state index in [1.165, 1.54) is 11.5 Å². The molecule has 0 aliphatic heterocycles. The molecule has 0 fully saturated rings. The zero-order chi connectivity index (χ0) is 10.2. The van der Waals surface area contributed by atoms with Gasteiger partial charge in [0, 0.05) is 29.3 Å². The van der Waals surface area contributed by atoms with Crippen molar-refractivity contribution < 1.29 is 0 Å². The molecular weight excluding hydrogens is 196 g/mol. The van der Waals surface area contributed by atoms with Crippen molar-refractivity contribution >= 4 is 11.5 Å². The number of nitrogens with zero attached hydrogens (tertiary/aromatic N) is 4. The van der Waals surface area contributed by atoms with Crippen LogP contribution in [0.15, 0.2) is 18.5 Å². The number of hydrogen-bond acceptors (Lipinski definition) is 4. The van der Waals surface area contributed by atoms with Crippen LogP contribution in [-0.2, 0) is 5.41 Å². The van der Waals surface area contributed by atoms with E-state index in [1.807, 2.05) is 12.3 Å². The number of rotatable bonds is 1. The van der Waals surface area contributed by atoms with Crippen LogP contribution in [-0.4, -0.2) is 19.1 Å². The highest BCUT2D eigenvalue weighted by atomic mass is 32.1. The maximum Gasteiger partial charge on any atom is 0.230 e. The lowest BCUT2D eigenvalue weighted by atomic mass is 9.96. The molecule has 2 aromatic rings. The monoisotopic (exact) mass is 208 g/mol. The van der Waals surface area contributed by atoms with Crippen LogP contribution >= 0.6 is 11.5 Å². The fourth-order valence-electron chi connectivity index (χ4n) is 0.995. The molecule has 0 aliphatic carbocycles. The van der Waals surface area contributed by atoms with Gasteiger partial charge in [0.15, 0.2) is 0 Å². The van der Waals surface area contributed by atoms with E-state index >= 15 is 0 Å². The molecule has 2 rings (SSSR count). The van der Waals surface area contributed by atoms with Crippen LogP contribution in [0.4, 0.5) is 0 Å². The van der Waals surface area contributed by atoms with Crippen molar-refractivity contribution in [2.75, 3.05) is 0 Å². The molecule has 5 heteroatoms. The Morgan fingerprint density at radius 3 is 2.64 bits per heavy atom. The molecule has 0 bridgehead atoms. The Morgan fingerprint density at radius 1 is 1.36 bits per heavy atom. The van der Waals surface area contributed by atoms with Gasteiger partial charge in [0.25, 0.3) is 0 Å². The molecule has 0 amide bonds. The molecule has 0 saturated carbocycles. The molecule has 2 heterocycles. The topological polar surface area (TPSA) is 43.6 Å². The summed E-state index contributed by atoms with van der Waals surface area (Å²) in [7, 11) is 0. The average molecular weight is 208 g/mol. The van der Waals surface area contributed by atoms with E-state index in [0.717, 1.165) is 11.0 Å². The molecule has 0 unspecified atom stereocenters. The van der Waals surface area contributed by atoms with Gasteiger partial charge in [0.05, 0.1) is 0 Å². The van der Waals surface area contributed by atoms with E-state index < -0.39 is 0 Å². The highest BCUT2D eigenvalue weighted by Gasteiger charge is 2.19. The van der Waals surface area contributed by atoms with Crippen molar-refractivity contribution in [2.45, 2.75) is 26.2 Å². The van der Waals surface area contributed by atoms with Gasteiger partial charge < -0.3 is 0 Å². The van der Waals surface area contributed by atoms with Gasteiger partial charge in [-0.25, -0.2) is 9.67 Å². The molecule has 0 atom stereocenters. The van der Waals surface area contributed by atoms with Crippen LogP contribution in [0.2, 0.25) is 0 Å².